The van der Waals surface area contributed by atoms with Crippen LogP contribution in [0.1, 0.15) is 31.2 Å². The first-order valence-corrected chi connectivity index (χ1v) is 6.32. The van der Waals surface area contributed by atoms with E-state index >= 15 is 0 Å². The van der Waals surface area contributed by atoms with E-state index in [-0.39, 0.29) is 5.91 Å². The number of carbonyl (C=O) groups excluding carboxylic acids is 1. The van der Waals surface area contributed by atoms with Crippen LogP contribution in [0.25, 0.3) is 0 Å². The first-order valence-electron chi connectivity index (χ1n) is 6.32. The summed E-state index contributed by atoms with van der Waals surface area (Å²) in [6, 6.07) is 5.87. The van der Waals surface area contributed by atoms with Gasteiger partial charge in [0.1, 0.15) is 11.5 Å². The smallest absolute Gasteiger partial charge is 0.219 e. The van der Waals surface area contributed by atoms with Gasteiger partial charge in [0.05, 0.1) is 13.7 Å². The highest BCUT2D eigenvalue weighted by molar-refractivity contribution is 5.75. The van der Waals surface area contributed by atoms with E-state index in [1.54, 1.807) is 7.11 Å². The maximum atomic E-state index is 11.2. The Labute approximate surface area is 107 Å². The van der Waals surface area contributed by atoms with E-state index in [4.69, 9.17) is 9.47 Å². The maximum absolute atomic E-state index is 11.2. The van der Waals surface area contributed by atoms with E-state index in [0.29, 0.717) is 25.5 Å². The van der Waals surface area contributed by atoms with Gasteiger partial charge in [-0.15, -0.1) is 0 Å². The van der Waals surface area contributed by atoms with Crippen molar-refractivity contribution in [2.24, 2.45) is 0 Å². The fourth-order valence-corrected chi connectivity index (χ4v) is 2.13. The molecule has 1 aliphatic heterocycles. The number of benzene rings is 1. The number of hydrogen-bond donors (Lipinski definition) is 1. The second-order valence-electron chi connectivity index (χ2n) is 4.40. The molecule has 1 aliphatic rings. The van der Waals surface area contributed by atoms with Gasteiger partial charge in [0.2, 0.25) is 5.91 Å². The minimum absolute atomic E-state index is 0.0970. The summed E-state index contributed by atoms with van der Waals surface area (Å²) in [4.78, 5) is 11.2. The van der Waals surface area contributed by atoms with Crippen LogP contribution in [0, 0.1) is 0 Å². The Hall–Kier alpha value is -1.71. The van der Waals surface area contributed by atoms with Gasteiger partial charge in [-0.1, -0.05) is 6.92 Å². The summed E-state index contributed by atoms with van der Waals surface area (Å²) in [6.07, 6.45) is 1.43. The predicted octanol–water partition coefficient (Wildman–Crippen LogP) is 2.09. The van der Waals surface area contributed by atoms with Gasteiger partial charge in [0, 0.05) is 24.4 Å². The summed E-state index contributed by atoms with van der Waals surface area (Å²) in [5.41, 5.74) is 1.18. The summed E-state index contributed by atoms with van der Waals surface area (Å²) in [6.45, 7) is 3.23. The first kappa shape index (κ1) is 12.7. The number of ether oxygens (including phenoxy) is 2. The summed E-state index contributed by atoms with van der Waals surface area (Å²) >= 11 is 0. The van der Waals surface area contributed by atoms with E-state index in [9.17, 15) is 4.79 Å². The molecule has 0 aliphatic carbocycles. The van der Waals surface area contributed by atoms with Crippen molar-refractivity contribution < 1.29 is 14.3 Å². The van der Waals surface area contributed by atoms with Crippen molar-refractivity contribution in [3.8, 4) is 11.5 Å². The molecule has 0 saturated heterocycles. The minimum Gasteiger partial charge on any atom is -0.497 e. The van der Waals surface area contributed by atoms with Gasteiger partial charge in [-0.3, -0.25) is 4.79 Å². The highest BCUT2D eigenvalue weighted by Crippen LogP contribution is 2.37. The molecule has 0 bridgehead atoms. The molecule has 1 amide bonds. The Balaban J connectivity index is 1.95. The number of carbonyl (C=O) groups is 1. The number of hydrogen-bond acceptors (Lipinski definition) is 3. The lowest BCUT2D eigenvalue weighted by molar-refractivity contribution is -0.120. The van der Waals surface area contributed by atoms with Crippen molar-refractivity contribution in [2.75, 3.05) is 20.3 Å². The lowest BCUT2D eigenvalue weighted by Gasteiger charge is -2.10. The molecule has 0 fully saturated rings. The zero-order chi connectivity index (χ0) is 13.0. The normalized spacial score (nSPS) is 16.9. The van der Waals surface area contributed by atoms with Gasteiger partial charge < -0.3 is 14.8 Å². The van der Waals surface area contributed by atoms with Crippen LogP contribution in [0.4, 0.5) is 0 Å². The monoisotopic (exact) mass is 249 g/mol. The van der Waals surface area contributed by atoms with Crippen molar-refractivity contribution >= 4 is 5.91 Å². The van der Waals surface area contributed by atoms with E-state index in [0.717, 1.165) is 17.9 Å². The average Bonchev–Trinajstić information content (AvgIpc) is 2.81. The van der Waals surface area contributed by atoms with E-state index in [1.165, 1.54) is 5.56 Å². The Kier molecular flexibility index (Phi) is 4.07. The first-order chi connectivity index (χ1) is 8.74. The molecule has 1 aromatic rings. The topological polar surface area (TPSA) is 47.6 Å². The molecule has 0 aromatic heterocycles. The van der Waals surface area contributed by atoms with E-state index < -0.39 is 0 Å². The number of rotatable bonds is 5. The molecular weight excluding hydrogens is 230 g/mol. The van der Waals surface area contributed by atoms with Gasteiger partial charge >= 0.3 is 0 Å². The fourth-order valence-electron chi connectivity index (χ4n) is 2.13. The molecule has 1 atom stereocenters. The van der Waals surface area contributed by atoms with Crippen molar-refractivity contribution in [1.82, 2.24) is 5.32 Å². The van der Waals surface area contributed by atoms with Crippen LogP contribution < -0.4 is 14.8 Å². The Morgan fingerprint density at radius 3 is 3.11 bits per heavy atom. The second-order valence-corrected chi connectivity index (χ2v) is 4.40. The lowest BCUT2D eigenvalue weighted by Crippen LogP contribution is -2.24. The maximum Gasteiger partial charge on any atom is 0.219 e. The summed E-state index contributed by atoms with van der Waals surface area (Å²) in [5, 5.41) is 2.89. The molecule has 1 unspecified atom stereocenters. The largest absolute Gasteiger partial charge is 0.497 e. The molecule has 4 nitrogen and oxygen atoms in total. The van der Waals surface area contributed by atoms with Crippen LogP contribution in [0.3, 0.4) is 0 Å². The molecule has 0 saturated carbocycles. The third-order valence-corrected chi connectivity index (χ3v) is 3.23. The Morgan fingerprint density at radius 2 is 2.39 bits per heavy atom. The molecule has 0 radical (unpaired) electrons. The van der Waals surface area contributed by atoms with Crippen LogP contribution in [-0.2, 0) is 4.79 Å². The van der Waals surface area contributed by atoms with Crippen molar-refractivity contribution in [2.45, 2.75) is 25.7 Å². The van der Waals surface area contributed by atoms with Gasteiger partial charge in [-0.25, -0.2) is 0 Å². The number of methoxy groups -OCH3 is 1. The average molecular weight is 249 g/mol. The molecule has 1 N–H and O–H groups in total. The minimum atomic E-state index is 0.0970. The lowest BCUT2D eigenvalue weighted by atomic mass is 9.97. The van der Waals surface area contributed by atoms with Crippen molar-refractivity contribution in [1.29, 1.82) is 0 Å². The van der Waals surface area contributed by atoms with Gasteiger partial charge in [-0.2, -0.15) is 0 Å². The third-order valence-electron chi connectivity index (χ3n) is 3.23. The van der Waals surface area contributed by atoms with Crippen LogP contribution in [0.5, 0.6) is 11.5 Å². The Bertz CT molecular complexity index is 431. The quantitative estimate of drug-likeness (QED) is 0.869. The molecule has 0 spiro atoms. The Morgan fingerprint density at radius 1 is 1.56 bits per heavy atom. The number of nitrogens with one attached hydrogen (secondary N) is 1. The van der Waals surface area contributed by atoms with Gasteiger partial charge in [0.25, 0.3) is 0 Å². The standard InChI is InChI=1S/C14H19NO3/c1-3-14(16)15-7-6-10-9-18-13-5-4-11(17-2)8-12(10)13/h4-5,8,10H,3,6-7,9H2,1-2H3,(H,15,16). The van der Waals surface area contributed by atoms with Gasteiger partial charge in [-0.05, 0) is 24.6 Å². The molecule has 98 valence electrons. The highest BCUT2D eigenvalue weighted by Gasteiger charge is 2.24. The third kappa shape index (κ3) is 2.75. The number of amides is 1. The fraction of sp³-hybridized carbons (Fsp3) is 0.500. The zero-order valence-corrected chi connectivity index (χ0v) is 10.9. The SMILES string of the molecule is CCC(=O)NCCC1COc2ccc(OC)cc21. The van der Waals surface area contributed by atoms with Gasteiger partial charge in [0.15, 0.2) is 0 Å². The van der Waals surface area contributed by atoms with Crippen LogP contribution in [0.15, 0.2) is 18.2 Å². The second kappa shape index (κ2) is 5.76. The van der Waals surface area contributed by atoms with E-state index in [2.05, 4.69) is 5.32 Å². The van der Waals surface area contributed by atoms with Crippen molar-refractivity contribution in [3.05, 3.63) is 23.8 Å². The van der Waals surface area contributed by atoms with Crippen LogP contribution >= 0.6 is 0 Å². The zero-order valence-electron chi connectivity index (χ0n) is 10.9. The molecular formula is C14H19NO3. The van der Waals surface area contributed by atoms with Crippen LogP contribution in [-0.4, -0.2) is 26.2 Å². The molecule has 1 heterocycles. The van der Waals surface area contributed by atoms with Crippen molar-refractivity contribution in [3.63, 3.8) is 0 Å². The summed E-state index contributed by atoms with van der Waals surface area (Å²) in [5.74, 6) is 2.22. The molecule has 1 aromatic carbocycles. The predicted molar refractivity (Wildman–Crippen MR) is 69.1 cm³/mol. The highest BCUT2D eigenvalue weighted by atomic mass is 16.5. The molecule has 18 heavy (non-hydrogen) atoms. The summed E-state index contributed by atoms with van der Waals surface area (Å²) < 4.78 is 10.8. The summed E-state index contributed by atoms with van der Waals surface area (Å²) in [7, 11) is 1.66. The number of fused-ring (bicyclic) bond motifs is 1. The van der Waals surface area contributed by atoms with E-state index in [1.807, 2.05) is 25.1 Å². The van der Waals surface area contributed by atoms with Crippen LogP contribution in [0.2, 0.25) is 0 Å². The molecule has 4 heteroatoms. The molecule has 2 rings (SSSR count).